The Balaban J connectivity index is 2.01. The number of aliphatic hydroxyl groups excluding tert-OH is 2. The SMILES string of the molecule is CC1(C)CCC[C@]2(C)C3=C(C[C@@](C)([C@H](O)CO)CC3)C(=O)C[C@@H]12. The molecule has 23 heavy (non-hydrogen) atoms. The molecule has 0 saturated heterocycles. The van der Waals surface area contributed by atoms with Gasteiger partial charge >= 0.3 is 0 Å². The Hall–Kier alpha value is -0.670. The number of allylic oxidation sites excluding steroid dienone is 2. The van der Waals surface area contributed by atoms with Crippen LogP contribution in [0.15, 0.2) is 11.1 Å². The molecular formula is C20H32O3. The van der Waals surface area contributed by atoms with E-state index < -0.39 is 6.10 Å². The van der Waals surface area contributed by atoms with Gasteiger partial charge in [0.25, 0.3) is 0 Å². The van der Waals surface area contributed by atoms with Gasteiger partial charge < -0.3 is 10.2 Å². The molecule has 3 rings (SSSR count). The molecule has 3 aliphatic rings. The third-order valence-corrected chi connectivity index (χ3v) is 7.51. The summed E-state index contributed by atoms with van der Waals surface area (Å²) in [5.74, 6) is 0.746. The van der Waals surface area contributed by atoms with Crippen molar-refractivity contribution in [2.45, 2.75) is 78.7 Å². The van der Waals surface area contributed by atoms with Gasteiger partial charge in [-0.1, -0.05) is 39.7 Å². The van der Waals surface area contributed by atoms with Gasteiger partial charge in [-0.15, -0.1) is 0 Å². The van der Waals surface area contributed by atoms with Crippen molar-refractivity contribution >= 4 is 5.78 Å². The molecule has 4 atom stereocenters. The van der Waals surface area contributed by atoms with E-state index in [2.05, 4.69) is 20.8 Å². The lowest BCUT2D eigenvalue weighted by molar-refractivity contribution is -0.123. The summed E-state index contributed by atoms with van der Waals surface area (Å²) in [6.07, 6.45) is 5.95. The second-order valence-corrected chi connectivity index (χ2v) is 9.43. The molecule has 0 unspecified atom stereocenters. The van der Waals surface area contributed by atoms with Crippen LogP contribution in [-0.2, 0) is 4.79 Å². The van der Waals surface area contributed by atoms with Crippen molar-refractivity contribution in [3.05, 3.63) is 11.1 Å². The minimum absolute atomic E-state index is 0.149. The van der Waals surface area contributed by atoms with Crippen LogP contribution in [0.2, 0.25) is 0 Å². The molecule has 2 N–H and O–H groups in total. The number of fused-ring (bicyclic) bond motifs is 2. The summed E-state index contributed by atoms with van der Waals surface area (Å²) in [5.41, 5.74) is 2.39. The topological polar surface area (TPSA) is 57.5 Å². The number of carbonyl (C=O) groups is 1. The van der Waals surface area contributed by atoms with Gasteiger partial charge in [0, 0.05) is 11.8 Å². The van der Waals surface area contributed by atoms with E-state index >= 15 is 0 Å². The maximum atomic E-state index is 12.9. The van der Waals surface area contributed by atoms with Crippen molar-refractivity contribution < 1.29 is 15.0 Å². The molecule has 130 valence electrons. The van der Waals surface area contributed by atoms with E-state index in [1.54, 1.807) is 0 Å². The van der Waals surface area contributed by atoms with Crippen molar-refractivity contribution in [3.8, 4) is 0 Å². The van der Waals surface area contributed by atoms with E-state index in [1.807, 2.05) is 6.92 Å². The Labute approximate surface area is 140 Å². The molecule has 0 aliphatic heterocycles. The summed E-state index contributed by atoms with van der Waals surface area (Å²) in [6, 6.07) is 0. The normalized spacial score (nSPS) is 41.3. The fourth-order valence-electron chi connectivity index (χ4n) is 5.86. The Morgan fingerprint density at radius 2 is 1.87 bits per heavy atom. The number of hydrogen-bond acceptors (Lipinski definition) is 3. The zero-order valence-electron chi connectivity index (χ0n) is 15.1. The summed E-state index contributed by atoms with van der Waals surface area (Å²) in [5, 5.41) is 19.6. The molecular weight excluding hydrogens is 288 g/mol. The van der Waals surface area contributed by atoms with Crippen LogP contribution < -0.4 is 0 Å². The largest absolute Gasteiger partial charge is 0.394 e. The van der Waals surface area contributed by atoms with Crippen molar-refractivity contribution in [3.63, 3.8) is 0 Å². The third kappa shape index (κ3) is 2.51. The van der Waals surface area contributed by atoms with Crippen LogP contribution in [0.4, 0.5) is 0 Å². The van der Waals surface area contributed by atoms with Gasteiger partial charge in [-0.05, 0) is 54.4 Å². The molecule has 1 saturated carbocycles. The smallest absolute Gasteiger partial charge is 0.159 e. The number of hydrogen-bond donors (Lipinski definition) is 2. The van der Waals surface area contributed by atoms with E-state index in [1.165, 1.54) is 24.8 Å². The number of ketones is 1. The molecule has 0 heterocycles. The predicted molar refractivity (Wildman–Crippen MR) is 90.9 cm³/mol. The molecule has 3 nitrogen and oxygen atoms in total. The first-order valence-corrected chi connectivity index (χ1v) is 9.19. The molecule has 0 aromatic heterocycles. The number of carbonyl (C=O) groups excluding carboxylic acids is 1. The highest BCUT2D eigenvalue weighted by Crippen LogP contribution is 2.62. The van der Waals surface area contributed by atoms with Gasteiger partial charge in [-0.3, -0.25) is 4.79 Å². The molecule has 3 aliphatic carbocycles. The first kappa shape index (κ1) is 17.2. The van der Waals surface area contributed by atoms with Crippen molar-refractivity contribution in [2.75, 3.05) is 6.61 Å². The molecule has 0 aromatic carbocycles. The van der Waals surface area contributed by atoms with Gasteiger partial charge in [-0.2, -0.15) is 0 Å². The zero-order valence-corrected chi connectivity index (χ0v) is 15.1. The van der Waals surface area contributed by atoms with Gasteiger partial charge in [0.05, 0.1) is 12.7 Å². The number of Topliss-reactive ketones (excluding diaryl/α,β-unsaturated/α-hetero) is 1. The summed E-state index contributed by atoms with van der Waals surface area (Å²) >= 11 is 0. The fraction of sp³-hybridized carbons (Fsp3) is 0.850. The molecule has 1 fully saturated rings. The van der Waals surface area contributed by atoms with Gasteiger partial charge in [0.15, 0.2) is 5.78 Å². The van der Waals surface area contributed by atoms with E-state index in [9.17, 15) is 15.0 Å². The average Bonchev–Trinajstić information content (AvgIpc) is 2.48. The third-order valence-electron chi connectivity index (χ3n) is 7.51. The lowest BCUT2D eigenvalue weighted by Crippen LogP contribution is -2.50. The average molecular weight is 320 g/mol. The summed E-state index contributed by atoms with van der Waals surface area (Å²) in [7, 11) is 0. The van der Waals surface area contributed by atoms with Crippen LogP contribution in [-0.4, -0.2) is 28.7 Å². The van der Waals surface area contributed by atoms with Crippen LogP contribution in [0.25, 0.3) is 0 Å². The Bertz CT molecular complexity index is 547. The summed E-state index contributed by atoms with van der Waals surface area (Å²) in [6.45, 7) is 8.84. The maximum Gasteiger partial charge on any atom is 0.159 e. The summed E-state index contributed by atoms with van der Waals surface area (Å²) in [4.78, 5) is 12.9. The first-order valence-electron chi connectivity index (χ1n) is 9.19. The summed E-state index contributed by atoms with van der Waals surface area (Å²) < 4.78 is 0. The van der Waals surface area contributed by atoms with Crippen molar-refractivity contribution in [1.82, 2.24) is 0 Å². The highest BCUT2D eigenvalue weighted by atomic mass is 16.3. The van der Waals surface area contributed by atoms with Crippen LogP contribution >= 0.6 is 0 Å². The molecule has 0 bridgehead atoms. The molecule has 0 amide bonds. The standard InChI is InChI=1S/C20H32O3/c1-18(2)7-5-8-20(4)14-6-9-19(3,17(23)12-21)11-13(14)15(22)10-16(18)20/h16-17,21,23H,5-12H2,1-4H3/t16-,17+,19-,20+/m0/s1. The molecule has 3 heteroatoms. The van der Waals surface area contributed by atoms with Crippen molar-refractivity contribution in [2.24, 2.45) is 22.2 Å². The first-order chi connectivity index (χ1) is 10.6. The van der Waals surface area contributed by atoms with E-state index in [0.717, 1.165) is 18.4 Å². The van der Waals surface area contributed by atoms with Gasteiger partial charge in [-0.25, -0.2) is 0 Å². The molecule has 0 radical (unpaired) electrons. The quantitative estimate of drug-likeness (QED) is 0.817. The Morgan fingerprint density at radius 1 is 1.17 bits per heavy atom. The van der Waals surface area contributed by atoms with E-state index in [-0.39, 0.29) is 22.9 Å². The van der Waals surface area contributed by atoms with Crippen LogP contribution in [0.5, 0.6) is 0 Å². The molecule has 0 spiro atoms. The van der Waals surface area contributed by atoms with Crippen LogP contribution in [0.1, 0.15) is 72.6 Å². The minimum Gasteiger partial charge on any atom is -0.394 e. The van der Waals surface area contributed by atoms with Crippen LogP contribution in [0.3, 0.4) is 0 Å². The lowest BCUT2D eigenvalue weighted by atomic mass is 9.47. The maximum absolute atomic E-state index is 12.9. The Kier molecular flexibility index (Phi) is 4.04. The highest BCUT2D eigenvalue weighted by Gasteiger charge is 2.54. The van der Waals surface area contributed by atoms with E-state index in [4.69, 9.17) is 0 Å². The van der Waals surface area contributed by atoms with E-state index in [0.29, 0.717) is 24.5 Å². The second kappa shape index (κ2) is 5.42. The Morgan fingerprint density at radius 3 is 2.52 bits per heavy atom. The lowest BCUT2D eigenvalue weighted by Gasteiger charge is -2.57. The predicted octanol–water partition coefficient (Wildman–Crippen LogP) is 3.63. The van der Waals surface area contributed by atoms with Gasteiger partial charge in [0.2, 0.25) is 0 Å². The second-order valence-electron chi connectivity index (χ2n) is 9.43. The number of aliphatic hydroxyl groups is 2. The molecule has 0 aromatic rings. The zero-order chi connectivity index (χ0) is 17.0. The fourth-order valence-corrected chi connectivity index (χ4v) is 5.86. The highest BCUT2D eigenvalue weighted by molar-refractivity contribution is 5.98. The van der Waals surface area contributed by atoms with Gasteiger partial charge in [0.1, 0.15) is 0 Å². The number of rotatable bonds is 2. The van der Waals surface area contributed by atoms with Crippen LogP contribution in [0, 0.1) is 22.2 Å². The van der Waals surface area contributed by atoms with Crippen molar-refractivity contribution in [1.29, 1.82) is 0 Å². The minimum atomic E-state index is -0.738. The monoisotopic (exact) mass is 320 g/mol.